The van der Waals surface area contributed by atoms with Crippen LogP contribution in [0.1, 0.15) is 50.3 Å². The van der Waals surface area contributed by atoms with E-state index in [0.717, 1.165) is 55.7 Å². The molecule has 4 rings (SSSR count). The molecule has 6 nitrogen and oxygen atoms in total. The van der Waals surface area contributed by atoms with Crippen molar-refractivity contribution in [3.63, 3.8) is 0 Å². The highest BCUT2D eigenvalue weighted by Crippen LogP contribution is 2.31. The van der Waals surface area contributed by atoms with Crippen LogP contribution in [0.15, 0.2) is 36.7 Å². The summed E-state index contributed by atoms with van der Waals surface area (Å²) >= 11 is 0. The summed E-state index contributed by atoms with van der Waals surface area (Å²) in [5.74, 6) is -0.131. The maximum atomic E-state index is 11.6. The first-order valence-corrected chi connectivity index (χ1v) is 9.65. The number of allylic oxidation sites excluding steroid dienone is 2. The molecule has 2 unspecified atom stereocenters. The fourth-order valence-corrected chi connectivity index (χ4v) is 3.78. The van der Waals surface area contributed by atoms with Gasteiger partial charge in [-0.05, 0) is 61.8 Å². The molecule has 2 atom stereocenters. The van der Waals surface area contributed by atoms with Crippen molar-refractivity contribution >= 4 is 11.5 Å². The summed E-state index contributed by atoms with van der Waals surface area (Å²) in [7, 11) is 1.45. The van der Waals surface area contributed by atoms with E-state index in [4.69, 9.17) is 9.47 Å². The standard InChI is InChI=1S/C21H25N3O3/c1-26-21(25)16-7-5-15(6-8-16)17-9-10-18(22-14-17)19-11-12-24(23-19)20-4-2-3-13-27-20/h5,9-12,14,16,20H,2-4,6-8,13H2,1H3. The predicted molar refractivity (Wildman–Crippen MR) is 102 cm³/mol. The zero-order valence-corrected chi connectivity index (χ0v) is 15.6. The first-order chi connectivity index (χ1) is 13.2. The molecular weight excluding hydrogens is 342 g/mol. The van der Waals surface area contributed by atoms with Gasteiger partial charge in [-0.1, -0.05) is 12.1 Å². The van der Waals surface area contributed by atoms with E-state index < -0.39 is 0 Å². The van der Waals surface area contributed by atoms with E-state index >= 15 is 0 Å². The third-order valence-corrected chi connectivity index (χ3v) is 5.40. The lowest BCUT2D eigenvalue weighted by molar-refractivity contribution is -0.145. The van der Waals surface area contributed by atoms with Gasteiger partial charge in [0.05, 0.1) is 18.7 Å². The molecule has 0 amide bonds. The van der Waals surface area contributed by atoms with Gasteiger partial charge in [0.15, 0.2) is 0 Å². The van der Waals surface area contributed by atoms with E-state index in [1.807, 2.05) is 29.2 Å². The number of methoxy groups -OCH3 is 1. The summed E-state index contributed by atoms with van der Waals surface area (Å²) in [6, 6.07) is 6.08. The molecule has 2 aromatic heterocycles. The topological polar surface area (TPSA) is 66.2 Å². The first kappa shape index (κ1) is 17.9. The number of carbonyl (C=O) groups is 1. The quantitative estimate of drug-likeness (QED) is 0.764. The predicted octanol–water partition coefficient (Wildman–Crippen LogP) is 4.00. The van der Waals surface area contributed by atoms with Gasteiger partial charge < -0.3 is 9.47 Å². The minimum atomic E-state index is -0.115. The Labute approximate surface area is 159 Å². The molecule has 0 radical (unpaired) electrons. The van der Waals surface area contributed by atoms with E-state index in [2.05, 4.69) is 22.2 Å². The molecular formula is C21H25N3O3. The third kappa shape index (κ3) is 3.95. The number of carbonyl (C=O) groups excluding carboxylic acids is 1. The molecule has 3 heterocycles. The van der Waals surface area contributed by atoms with Crippen molar-refractivity contribution in [1.29, 1.82) is 0 Å². The second-order valence-corrected chi connectivity index (χ2v) is 7.16. The summed E-state index contributed by atoms with van der Waals surface area (Å²) in [6.07, 6.45) is 11.8. The van der Waals surface area contributed by atoms with Gasteiger partial charge in [-0.2, -0.15) is 5.10 Å². The number of hydrogen-bond donors (Lipinski definition) is 0. The van der Waals surface area contributed by atoms with Crippen LogP contribution in [-0.4, -0.2) is 34.5 Å². The van der Waals surface area contributed by atoms with Gasteiger partial charge in [0.25, 0.3) is 0 Å². The highest BCUT2D eigenvalue weighted by molar-refractivity contribution is 5.75. The minimum absolute atomic E-state index is 0.0167. The number of esters is 1. The van der Waals surface area contributed by atoms with Gasteiger partial charge in [0.1, 0.15) is 11.9 Å². The Bertz CT molecular complexity index is 819. The summed E-state index contributed by atoms with van der Waals surface area (Å²) in [5, 5.41) is 4.65. The Balaban J connectivity index is 1.44. The van der Waals surface area contributed by atoms with Gasteiger partial charge >= 0.3 is 5.97 Å². The molecule has 0 bridgehead atoms. The van der Waals surface area contributed by atoms with Crippen molar-refractivity contribution in [2.45, 2.75) is 44.8 Å². The summed E-state index contributed by atoms with van der Waals surface area (Å²) in [5.41, 5.74) is 4.07. The molecule has 142 valence electrons. The Morgan fingerprint density at radius 1 is 1.22 bits per heavy atom. The van der Waals surface area contributed by atoms with Gasteiger partial charge in [0.2, 0.25) is 0 Å². The van der Waals surface area contributed by atoms with Gasteiger partial charge in [-0.3, -0.25) is 9.78 Å². The van der Waals surface area contributed by atoms with E-state index in [-0.39, 0.29) is 18.1 Å². The Kier molecular flexibility index (Phi) is 5.34. The average molecular weight is 367 g/mol. The SMILES string of the molecule is COC(=O)C1CC=C(c2ccc(-c3ccn(C4CCCCO4)n3)nc2)CC1. The van der Waals surface area contributed by atoms with Gasteiger partial charge in [-0.25, -0.2) is 4.68 Å². The van der Waals surface area contributed by atoms with Crippen molar-refractivity contribution in [3.05, 3.63) is 42.2 Å². The first-order valence-electron chi connectivity index (χ1n) is 9.65. The molecule has 1 saturated heterocycles. The van der Waals surface area contributed by atoms with Crippen LogP contribution in [0.2, 0.25) is 0 Å². The molecule has 1 aliphatic heterocycles. The normalized spacial score (nSPS) is 22.9. The fourth-order valence-electron chi connectivity index (χ4n) is 3.78. The molecule has 2 aliphatic rings. The maximum absolute atomic E-state index is 11.6. The molecule has 1 aliphatic carbocycles. The number of pyridine rings is 1. The molecule has 0 aromatic carbocycles. The summed E-state index contributed by atoms with van der Waals surface area (Å²) in [4.78, 5) is 16.2. The lowest BCUT2D eigenvalue weighted by Gasteiger charge is -2.22. The second kappa shape index (κ2) is 8.05. The molecule has 27 heavy (non-hydrogen) atoms. The van der Waals surface area contributed by atoms with Crippen molar-refractivity contribution in [2.24, 2.45) is 5.92 Å². The van der Waals surface area contributed by atoms with E-state index in [1.54, 1.807) is 0 Å². The number of hydrogen-bond acceptors (Lipinski definition) is 5. The van der Waals surface area contributed by atoms with Crippen LogP contribution in [-0.2, 0) is 14.3 Å². The van der Waals surface area contributed by atoms with Crippen molar-refractivity contribution in [1.82, 2.24) is 14.8 Å². The summed E-state index contributed by atoms with van der Waals surface area (Å²) in [6.45, 7) is 0.804. The maximum Gasteiger partial charge on any atom is 0.308 e. The van der Waals surface area contributed by atoms with Crippen LogP contribution in [0.4, 0.5) is 0 Å². The number of rotatable bonds is 4. The van der Waals surface area contributed by atoms with Crippen LogP contribution in [0.5, 0.6) is 0 Å². The molecule has 0 saturated carbocycles. The fraction of sp³-hybridized carbons (Fsp3) is 0.476. The van der Waals surface area contributed by atoms with Crippen molar-refractivity contribution in [3.8, 4) is 11.4 Å². The Hall–Kier alpha value is -2.47. The van der Waals surface area contributed by atoms with E-state index in [1.165, 1.54) is 19.1 Å². The second-order valence-electron chi connectivity index (χ2n) is 7.16. The summed E-state index contributed by atoms with van der Waals surface area (Å²) < 4.78 is 12.5. The van der Waals surface area contributed by atoms with E-state index in [9.17, 15) is 4.79 Å². The molecule has 2 aromatic rings. The zero-order valence-electron chi connectivity index (χ0n) is 15.6. The number of aromatic nitrogens is 3. The van der Waals surface area contributed by atoms with Gasteiger partial charge in [0, 0.05) is 19.0 Å². The van der Waals surface area contributed by atoms with Crippen LogP contribution < -0.4 is 0 Å². The van der Waals surface area contributed by atoms with Crippen molar-refractivity contribution in [2.75, 3.05) is 13.7 Å². The van der Waals surface area contributed by atoms with Gasteiger partial charge in [-0.15, -0.1) is 0 Å². The van der Waals surface area contributed by atoms with Crippen LogP contribution >= 0.6 is 0 Å². The monoisotopic (exact) mass is 367 g/mol. The van der Waals surface area contributed by atoms with Crippen molar-refractivity contribution < 1.29 is 14.3 Å². The molecule has 1 fully saturated rings. The average Bonchev–Trinajstić information content (AvgIpc) is 3.24. The Morgan fingerprint density at radius 3 is 2.81 bits per heavy atom. The Morgan fingerprint density at radius 2 is 2.15 bits per heavy atom. The highest BCUT2D eigenvalue weighted by atomic mass is 16.5. The van der Waals surface area contributed by atoms with Crippen LogP contribution in [0.3, 0.4) is 0 Å². The lowest BCUT2D eigenvalue weighted by Crippen LogP contribution is -2.18. The largest absolute Gasteiger partial charge is 0.469 e. The number of ether oxygens (including phenoxy) is 2. The van der Waals surface area contributed by atoms with E-state index in [0.29, 0.717) is 0 Å². The third-order valence-electron chi connectivity index (χ3n) is 5.40. The molecule has 0 spiro atoms. The smallest absolute Gasteiger partial charge is 0.308 e. The zero-order chi connectivity index (χ0) is 18.6. The lowest BCUT2D eigenvalue weighted by atomic mass is 9.87. The molecule has 0 N–H and O–H groups in total. The minimum Gasteiger partial charge on any atom is -0.469 e. The van der Waals surface area contributed by atoms with Crippen LogP contribution in [0.25, 0.3) is 17.0 Å². The van der Waals surface area contributed by atoms with Crippen LogP contribution in [0, 0.1) is 5.92 Å². The number of nitrogens with zero attached hydrogens (tertiary/aromatic N) is 3. The highest BCUT2D eigenvalue weighted by Gasteiger charge is 2.23. The molecule has 6 heteroatoms.